The Kier molecular flexibility index (Phi) is 4.26. The molecule has 0 amide bonds. The lowest BCUT2D eigenvalue weighted by Crippen LogP contribution is -2.04. The van der Waals surface area contributed by atoms with Crippen LogP contribution in [0.25, 0.3) is 11.2 Å². The summed E-state index contributed by atoms with van der Waals surface area (Å²) in [6, 6.07) is 8.44. The van der Waals surface area contributed by atoms with E-state index in [1.807, 2.05) is 30.6 Å². The maximum absolute atomic E-state index is 5.94. The number of rotatable bonds is 6. The minimum atomic E-state index is 0.548. The fourth-order valence-corrected chi connectivity index (χ4v) is 4.02. The third kappa shape index (κ3) is 3.52. The number of hydrogen-bond donors (Lipinski definition) is 1. The van der Waals surface area contributed by atoms with Gasteiger partial charge in [0.2, 0.25) is 0 Å². The van der Waals surface area contributed by atoms with Crippen LogP contribution in [0.4, 0.5) is 5.82 Å². The van der Waals surface area contributed by atoms with Crippen LogP contribution in [0, 0.1) is 0 Å². The molecule has 1 aromatic carbocycles. The number of anilines is 1. The van der Waals surface area contributed by atoms with Crippen molar-refractivity contribution in [3.8, 4) is 0 Å². The molecule has 0 saturated heterocycles. The molecular formula is C19H17ClN6S. The van der Waals surface area contributed by atoms with E-state index in [0.717, 1.165) is 39.1 Å². The molecule has 3 heterocycles. The van der Waals surface area contributed by atoms with Crippen molar-refractivity contribution >= 4 is 39.9 Å². The molecule has 5 rings (SSSR count). The van der Waals surface area contributed by atoms with Crippen LogP contribution < -0.4 is 5.32 Å². The van der Waals surface area contributed by atoms with Crippen LogP contribution in [0.5, 0.6) is 0 Å². The largest absolute Gasteiger partial charge is 0.362 e. The van der Waals surface area contributed by atoms with Gasteiger partial charge in [0, 0.05) is 22.9 Å². The molecule has 0 radical (unpaired) electrons. The monoisotopic (exact) mass is 396 g/mol. The highest BCUT2D eigenvalue weighted by atomic mass is 35.5. The zero-order chi connectivity index (χ0) is 18.2. The minimum absolute atomic E-state index is 0.548. The van der Waals surface area contributed by atoms with Crippen molar-refractivity contribution < 1.29 is 0 Å². The summed E-state index contributed by atoms with van der Waals surface area (Å²) in [6.07, 6.45) is 6.68. The Hall–Kier alpha value is -2.51. The fourth-order valence-electron chi connectivity index (χ4n) is 3.06. The number of aromatic nitrogens is 5. The van der Waals surface area contributed by atoms with Crippen LogP contribution >= 0.6 is 22.9 Å². The highest BCUT2D eigenvalue weighted by Gasteiger charge is 2.26. The van der Waals surface area contributed by atoms with Crippen LogP contribution in [-0.2, 0) is 13.0 Å². The first-order valence-corrected chi connectivity index (χ1v) is 10.1. The van der Waals surface area contributed by atoms with E-state index in [9.17, 15) is 0 Å². The van der Waals surface area contributed by atoms with Gasteiger partial charge in [-0.3, -0.25) is 0 Å². The van der Waals surface area contributed by atoms with Gasteiger partial charge in [0.1, 0.15) is 11.8 Å². The van der Waals surface area contributed by atoms with E-state index in [0.29, 0.717) is 12.6 Å². The zero-order valence-corrected chi connectivity index (χ0v) is 16.0. The molecule has 27 heavy (non-hydrogen) atoms. The molecule has 1 saturated carbocycles. The Labute approximate surface area is 165 Å². The van der Waals surface area contributed by atoms with Gasteiger partial charge >= 0.3 is 0 Å². The lowest BCUT2D eigenvalue weighted by molar-refractivity contribution is 0.756. The third-order valence-electron chi connectivity index (χ3n) is 4.60. The average Bonchev–Trinajstić information content (AvgIpc) is 3.27. The molecule has 6 nitrogen and oxygen atoms in total. The molecule has 0 aliphatic heterocycles. The normalized spacial score (nSPS) is 14.0. The van der Waals surface area contributed by atoms with Crippen LogP contribution in [-0.4, -0.2) is 24.5 Å². The predicted molar refractivity (Wildman–Crippen MR) is 107 cm³/mol. The molecule has 0 bridgehead atoms. The van der Waals surface area contributed by atoms with Gasteiger partial charge in [-0.05, 0) is 30.5 Å². The molecule has 3 aromatic heterocycles. The highest BCUT2D eigenvalue weighted by molar-refractivity contribution is 7.09. The zero-order valence-electron chi connectivity index (χ0n) is 14.5. The third-order valence-corrected chi connectivity index (χ3v) is 5.75. The van der Waals surface area contributed by atoms with Gasteiger partial charge in [-0.25, -0.2) is 19.9 Å². The number of hydrogen-bond acceptors (Lipinski definition) is 6. The molecule has 136 valence electrons. The first-order valence-electron chi connectivity index (χ1n) is 8.85. The minimum Gasteiger partial charge on any atom is -0.362 e. The standard InChI is InChI=1S/C19H17ClN6S/c20-13-3-1-12(2-4-13)7-16-25-14(9-27-16)8-21-18-17-19(23-10-22-18)26(11-24-17)15-5-6-15/h1-4,9-11,15H,5-8H2,(H,21,22,23). The second-order valence-electron chi connectivity index (χ2n) is 6.67. The molecule has 0 unspecified atom stereocenters. The molecule has 1 aliphatic carbocycles. The van der Waals surface area contributed by atoms with Gasteiger partial charge in [0.05, 0.1) is 23.6 Å². The first-order chi connectivity index (χ1) is 13.3. The van der Waals surface area contributed by atoms with Crippen LogP contribution in [0.15, 0.2) is 42.3 Å². The summed E-state index contributed by atoms with van der Waals surface area (Å²) in [7, 11) is 0. The van der Waals surface area contributed by atoms with Gasteiger partial charge in [-0.1, -0.05) is 23.7 Å². The molecule has 1 N–H and O–H groups in total. The van der Waals surface area contributed by atoms with Crippen LogP contribution in [0.3, 0.4) is 0 Å². The van der Waals surface area contributed by atoms with Gasteiger partial charge in [-0.2, -0.15) is 0 Å². The number of imidazole rings is 1. The Morgan fingerprint density at radius 1 is 1.15 bits per heavy atom. The topological polar surface area (TPSA) is 68.5 Å². The van der Waals surface area contributed by atoms with Gasteiger partial charge in [0.25, 0.3) is 0 Å². The fraction of sp³-hybridized carbons (Fsp3) is 0.263. The van der Waals surface area contributed by atoms with Gasteiger partial charge < -0.3 is 9.88 Å². The maximum atomic E-state index is 5.94. The summed E-state index contributed by atoms with van der Waals surface area (Å²) in [5, 5.41) is 7.28. The summed E-state index contributed by atoms with van der Waals surface area (Å²) in [4.78, 5) is 18.0. The predicted octanol–water partition coefficient (Wildman–Crippen LogP) is 4.47. The molecule has 1 fully saturated rings. The molecule has 8 heteroatoms. The van der Waals surface area contributed by atoms with Crippen molar-refractivity contribution in [2.24, 2.45) is 0 Å². The smallest absolute Gasteiger partial charge is 0.165 e. The quantitative estimate of drug-likeness (QED) is 0.520. The number of nitrogens with one attached hydrogen (secondary N) is 1. The summed E-state index contributed by atoms with van der Waals surface area (Å²) in [5.74, 6) is 0.756. The maximum Gasteiger partial charge on any atom is 0.165 e. The lowest BCUT2D eigenvalue weighted by Gasteiger charge is -2.05. The highest BCUT2D eigenvalue weighted by Crippen LogP contribution is 2.37. The Balaban J connectivity index is 1.28. The number of halogens is 1. The Morgan fingerprint density at radius 2 is 2.00 bits per heavy atom. The van der Waals surface area contributed by atoms with E-state index >= 15 is 0 Å². The van der Waals surface area contributed by atoms with Crippen molar-refractivity contribution in [3.05, 3.63) is 63.6 Å². The van der Waals surface area contributed by atoms with Crippen molar-refractivity contribution in [2.75, 3.05) is 5.32 Å². The molecule has 0 atom stereocenters. The Morgan fingerprint density at radius 3 is 2.81 bits per heavy atom. The van der Waals surface area contributed by atoms with E-state index in [4.69, 9.17) is 16.6 Å². The SMILES string of the molecule is Clc1ccc(Cc2nc(CNc3ncnc4c3ncn4C3CC3)cs2)cc1. The van der Waals surface area contributed by atoms with E-state index < -0.39 is 0 Å². The van der Waals surface area contributed by atoms with Crippen molar-refractivity contribution in [3.63, 3.8) is 0 Å². The number of thiazole rings is 1. The number of fused-ring (bicyclic) bond motifs is 1. The van der Waals surface area contributed by atoms with Crippen LogP contribution in [0.2, 0.25) is 5.02 Å². The van der Waals surface area contributed by atoms with Crippen molar-refractivity contribution in [1.29, 1.82) is 0 Å². The van der Waals surface area contributed by atoms with E-state index in [-0.39, 0.29) is 0 Å². The lowest BCUT2D eigenvalue weighted by atomic mass is 10.2. The average molecular weight is 397 g/mol. The summed E-state index contributed by atoms with van der Waals surface area (Å²) in [6.45, 7) is 0.611. The van der Waals surface area contributed by atoms with Crippen molar-refractivity contribution in [1.82, 2.24) is 24.5 Å². The van der Waals surface area contributed by atoms with Gasteiger partial charge in [-0.15, -0.1) is 11.3 Å². The molecule has 4 aromatic rings. The Bertz CT molecular complexity index is 1080. The first kappa shape index (κ1) is 16.6. The van der Waals surface area contributed by atoms with Crippen molar-refractivity contribution in [2.45, 2.75) is 31.8 Å². The number of nitrogens with zero attached hydrogens (tertiary/aromatic N) is 5. The number of benzene rings is 1. The summed E-state index contributed by atoms with van der Waals surface area (Å²) < 4.78 is 2.15. The molecule has 0 spiro atoms. The van der Waals surface area contributed by atoms with E-state index in [1.165, 1.54) is 18.4 Å². The van der Waals surface area contributed by atoms with E-state index in [1.54, 1.807) is 17.7 Å². The van der Waals surface area contributed by atoms with Gasteiger partial charge in [0.15, 0.2) is 11.5 Å². The van der Waals surface area contributed by atoms with E-state index in [2.05, 4.69) is 30.2 Å². The molecular weight excluding hydrogens is 380 g/mol. The second-order valence-corrected chi connectivity index (χ2v) is 8.05. The summed E-state index contributed by atoms with van der Waals surface area (Å²) >= 11 is 7.61. The second kappa shape index (κ2) is 6.90. The molecule has 1 aliphatic rings. The van der Waals surface area contributed by atoms with Crippen LogP contribution in [0.1, 0.15) is 35.1 Å². The summed E-state index contributed by atoms with van der Waals surface area (Å²) in [5.41, 5.74) is 3.92.